The topological polar surface area (TPSA) is 74.9 Å². The molecular formula is C12H17N5O2. The molecule has 0 saturated heterocycles. The second-order valence-electron chi connectivity index (χ2n) is 4.35. The normalized spacial score (nSPS) is 11.2. The van der Waals surface area contributed by atoms with Gasteiger partial charge in [-0.3, -0.25) is 10.1 Å². The summed E-state index contributed by atoms with van der Waals surface area (Å²) >= 11 is 0. The molecule has 1 aromatic rings. The Hall–Kier alpha value is -2.44. The number of pyridine rings is 1. The molecule has 0 saturated carbocycles. The maximum absolute atomic E-state index is 10.9. The summed E-state index contributed by atoms with van der Waals surface area (Å²) in [7, 11) is 7.35. The fourth-order valence-electron chi connectivity index (χ4n) is 1.21. The van der Waals surface area contributed by atoms with Crippen molar-refractivity contribution in [2.75, 3.05) is 28.2 Å². The van der Waals surface area contributed by atoms with E-state index in [1.54, 1.807) is 34.5 Å². The Labute approximate surface area is 112 Å². The molecule has 1 aromatic heterocycles. The van der Waals surface area contributed by atoms with Gasteiger partial charge in [0.25, 0.3) is 5.69 Å². The lowest BCUT2D eigenvalue weighted by Gasteiger charge is -2.05. The van der Waals surface area contributed by atoms with Crippen molar-refractivity contribution in [1.29, 1.82) is 0 Å². The van der Waals surface area contributed by atoms with Gasteiger partial charge < -0.3 is 9.80 Å². The number of hydrogen-bond acceptors (Lipinski definition) is 5. The van der Waals surface area contributed by atoms with E-state index in [9.17, 15) is 10.1 Å². The largest absolute Gasteiger partial charge is 0.383 e. The van der Waals surface area contributed by atoms with Crippen molar-refractivity contribution in [3.8, 4) is 0 Å². The summed E-state index contributed by atoms with van der Waals surface area (Å²) in [6, 6.07) is 1.58. The van der Waals surface area contributed by atoms with Crippen molar-refractivity contribution < 1.29 is 4.92 Å². The highest BCUT2D eigenvalue weighted by atomic mass is 16.6. The monoisotopic (exact) mass is 263 g/mol. The van der Waals surface area contributed by atoms with E-state index in [0.717, 1.165) is 0 Å². The highest BCUT2D eigenvalue weighted by molar-refractivity contribution is 5.65. The second-order valence-corrected chi connectivity index (χ2v) is 4.35. The first kappa shape index (κ1) is 14.6. The molecule has 7 nitrogen and oxygen atoms in total. The van der Waals surface area contributed by atoms with Gasteiger partial charge in [0.2, 0.25) is 0 Å². The van der Waals surface area contributed by atoms with E-state index in [0.29, 0.717) is 11.4 Å². The molecule has 0 radical (unpaired) electrons. The third kappa shape index (κ3) is 4.74. The molecule has 1 rings (SSSR count). The molecule has 0 amide bonds. The molecule has 0 spiro atoms. The van der Waals surface area contributed by atoms with Crippen LogP contribution < -0.4 is 0 Å². The third-order valence-electron chi connectivity index (χ3n) is 2.07. The van der Waals surface area contributed by atoms with Crippen molar-refractivity contribution in [2.24, 2.45) is 4.99 Å². The molecule has 7 heteroatoms. The average molecular weight is 263 g/mol. The van der Waals surface area contributed by atoms with Gasteiger partial charge in [0, 0.05) is 28.2 Å². The zero-order valence-corrected chi connectivity index (χ0v) is 11.4. The average Bonchev–Trinajstić information content (AvgIpc) is 2.33. The Morgan fingerprint density at radius 1 is 1.32 bits per heavy atom. The van der Waals surface area contributed by atoms with Gasteiger partial charge in [-0.15, -0.1) is 0 Å². The minimum absolute atomic E-state index is 0.0399. The van der Waals surface area contributed by atoms with Gasteiger partial charge in [-0.25, -0.2) is 9.98 Å². The highest BCUT2D eigenvalue weighted by Crippen LogP contribution is 2.22. The van der Waals surface area contributed by atoms with E-state index < -0.39 is 4.92 Å². The summed E-state index contributed by atoms with van der Waals surface area (Å²) in [5, 5.41) is 10.9. The first-order valence-corrected chi connectivity index (χ1v) is 5.60. The van der Waals surface area contributed by atoms with Crippen LogP contribution in [0.4, 0.5) is 11.5 Å². The van der Waals surface area contributed by atoms with Crippen molar-refractivity contribution in [3.63, 3.8) is 0 Å². The number of rotatable bonds is 5. The molecule has 0 aliphatic rings. The number of aliphatic imine (C=N–C) groups is 1. The maximum atomic E-state index is 10.9. The van der Waals surface area contributed by atoms with E-state index in [-0.39, 0.29) is 5.69 Å². The summed E-state index contributed by atoms with van der Waals surface area (Å²) in [4.78, 5) is 22.1. The van der Waals surface area contributed by atoms with Gasteiger partial charge in [0.15, 0.2) is 5.82 Å². The van der Waals surface area contributed by atoms with Gasteiger partial charge >= 0.3 is 0 Å². The number of nitrogens with zero attached hydrogens (tertiary/aromatic N) is 5. The van der Waals surface area contributed by atoms with Gasteiger partial charge in [-0.1, -0.05) is 0 Å². The molecule has 19 heavy (non-hydrogen) atoms. The molecule has 0 aliphatic heterocycles. The first-order valence-electron chi connectivity index (χ1n) is 5.60. The molecule has 0 atom stereocenters. The number of aromatic nitrogens is 1. The number of hydrogen-bond donors (Lipinski definition) is 0. The standard InChI is InChI=1S/C12H17N5O2/c1-15(2)6-5-10-7-12(14-9-16(3)4)13-8-11(10)17(18)19/h5-9H,1-4H3/b6-5+,14-9-. The van der Waals surface area contributed by atoms with Crippen LogP contribution in [0, 0.1) is 10.1 Å². The number of nitro groups is 1. The van der Waals surface area contributed by atoms with E-state index in [1.165, 1.54) is 6.20 Å². The molecule has 0 fully saturated rings. The van der Waals surface area contributed by atoms with Gasteiger partial charge in [0.1, 0.15) is 6.20 Å². The maximum Gasteiger partial charge on any atom is 0.294 e. The summed E-state index contributed by atoms with van der Waals surface area (Å²) in [5.74, 6) is 0.428. The van der Waals surface area contributed by atoms with E-state index >= 15 is 0 Å². The quantitative estimate of drug-likeness (QED) is 0.350. The lowest BCUT2D eigenvalue weighted by molar-refractivity contribution is -0.385. The van der Waals surface area contributed by atoms with Gasteiger partial charge in [-0.05, 0) is 18.3 Å². The molecule has 0 aliphatic carbocycles. The summed E-state index contributed by atoms with van der Waals surface area (Å²) < 4.78 is 0. The van der Waals surface area contributed by atoms with E-state index in [4.69, 9.17) is 0 Å². The Kier molecular flexibility index (Phi) is 4.99. The molecule has 0 aromatic carbocycles. The van der Waals surface area contributed by atoms with Crippen LogP contribution in [0.1, 0.15) is 5.56 Å². The molecule has 0 bridgehead atoms. The van der Waals surface area contributed by atoms with Crippen LogP contribution in [0.2, 0.25) is 0 Å². The third-order valence-corrected chi connectivity index (χ3v) is 2.07. The second kappa shape index (κ2) is 6.48. The lowest BCUT2D eigenvalue weighted by atomic mass is 10.2. The molecule has 0 N–H and O–H groups in total. The predicted molar refractivity (Wildman–Crippen MR) is 75.5 cm³/mol. The van der Waals surface area contributed by atoms with Gasteiger partial charge in [-0.2, -0.15) is 0 Å². The van der Waals surface area contributed by atoms with Crippen LogP contribution >= 0.6 is 0 Å². The minimum atomic E-state index is -0.457. The Bertz CT molecular complexity index is 509. The van der Waals surface area contributed by atoms with Gasteiger partial charge in [0.05, 0.1) is 16.8 Å². The summed E-state index contributed by atoms with van der Waals surface area (Å²) in [5.41, 5.74) is 0.432. The zero-order valence-electron chi connectivity index (χ0n) is 11.4. The molecule has 102 valence electrons. The summed E-state index contributed by atoms with van der Waals surface area (Å²) in [6.45, 7) is 0. The van der Waals surface area contributed by atoms with Crippen molar-refractivity contribution in [2.45, 2.75) is 0 Å². The molecular weight excluding hydrogens is 246 g/mol. The van der Waals surface area contributed by atoms with Crippen molar-refractivity contribution in [3.05, 3.63) is 34.1 Å². The lowest BCUT2D eigenvalue weighted by Crippen LogP contribution is -2.07. The van der Waals surface area contributed by atoms with E-state index in [1.807, 2.05) is 28.2 Å². The Morgan fingerprint density at radius 2 is 2.00 bits per heavy atom. The van der Waals surface area contributed by atoms with Crippen molar-refractivity contribution >= 4 is 23.9 Å². The van der Waals surface area contributed by atoms with Crippen LogP contribution in [0.5, 0.6) is 0 Å². The zero-order chi connectivity index (χ0) is 14.4. The van der Waals surface area contributed by atoms with Crippen LogP contribution in [-0.2, 0) is 0 Å². The molecule has 0 unspecified atom stereocenters. The first-order chi connectivity index (χ1) is 8.90. The SMILES string of the molecule is CN(C)/C=N\c1cc(/C=C/N(C)C)c([N+](=O)[O-])cn1. The van der Waals surface area contributed by atoms with Crippen molar-refractivity contribution in [1.82, 2.24) is 14.8 Å². The highest BCUT2D eigenvalue weighted by Gasteiger charge is 2.12. The Morgan fingerprint density at radius 3 is 2.53 bits per heavy atom. The minimum Gasteiger partial charge on any atom is -0.383 e. The predicted octanol–water partition coefficient (Wildman–Crippen LogP) is 1.74. The fourth-order valence-corrected chi connectivity index (χ4v) is 1.21. The van der Waals surface area contributed by atoms with Crippen LogP contribution in [0.25, 0.3) is 6.08 Å². The smallest absolute Gasteiger partial charge is 0.294 e. The Balaban J connectivity index is 3.14. The van der Waals surface area contributed by atoms with Crippen LogP contribution in [0.15, 0.2) is 23.5 Å². The van der Waals surface area contributed by atoms with Crippen LogP contribution in [-0.4, -0.2) is 54.2 Å². The summed E-state index contributed by atoms with van der Waals surface area (Å²) in [6.07, 6.45) is 6.21. The molecule has 1 heterocycles. The van der Waals surface area contributed by atoms with Crippen LogP contribution in [0.3, 0.4) is 0 Å². The fraction of sp³-hybridized carbons (Fsp3) is 0.333. The van der Waals surface area contributed by atoms with E-state index in [2.05, 4.69) is 9.98 Å².